The number of nitrogens with zero attached hydrogens (tertiary/aromatic N) is 2. The summed E-state index contributed by atoms with van der Waals surface area (Å²) in [5.74, 6) is 3.75. The van der Waals surface area contributed by atoms with Crippen molar-refractivity contribution in [1.29, 1.82) is 0 Å². The molecule has 5 aliphatic rings. The van der Waals surface area contributed by atoms with Gasteiger partial charge in [-0.1, -0.05) is 25.7 Å². The Morgan fingerprint density at radius 3 is 2.42 bits per heavy atom. The van der Waals surface area contributed by atoms with Gasteiger partial charge in [0.05, 0.1) is 6.10 Å². The molecule has 2 saturated heterocycles. The van der Waals surface area contributed by atoms with E-state index < -0.39 is 0 Å². The predicted octanol–water partition coefficient (Wildman–Crippen LogP) is 3.03. The molecule has 4 nitrogen and oxygen atoms in total. The Morgan fingerprint density at radius 2 is 1.75 bits per heavy atom. The number of hydrogen-bond donors (Lipinski definition) is 1. The predicted molar refractivity (Wildman–Crippen MR) is 96.1 cm³/mol. The van der Waals surface area contributed by atoms with E-state index in [0.717, 1.165) is 24.4 Å². The van der Waals surface area contributed by atoms with Crippen LogP contribution in [0.4, 0.5) is 0 Å². The average molecular weight is 332 g/mol. The van der Waals surface area contributed by atoms with Gasteiger partial charge in [0.1, 0.15) is 0 Å². The summed E-state index contributed by atoms with van der Waals surface area (Å²) >= 11 is 0. The summed E-state index contributed by atoms with van der Waals surface area (Å²) in [6.45, 7) is 3.44. The molecule has 134 valence electrons. The highest BCUT2D eigenvalue weighted by atomic mass is 16.5. The lowest BCUT2D eigenvalue weighted by Gasteiger charge is -2.57. The first kappa shape index (κ1) is 15.5. The molecule has 1 N–H and O–H groups in total. The third-order valence-electron chi connectivity index (χ3n) is 8.06. The molecule has 0 radical (unpaired) electrons. The van der Waals surface area contributed by atoms with Gasteiger partial charge in [-0.15, -0.1) is 0 Å². The minimum absolute atomic E-state index is 0.420. The number of ether oxygens (including phenoxy) is 1. The van der Waals surface area contributed by atoms with Crippen molar-refractivity contribution in [2.45, 2.75) is 69.9 Å². The molecule has 1 spiro atoms. The molecule has 24 heavy (non-hydrogen) atoms. The number of hydrogen-bond acceptors (Lipinski definition) is 2. The summed E-state index contributed by atoms with van der Waals surface area (Å²) in [4.78, 5) is 7.28. The molecule has 0 amide bonds. The lowest BCUT2D eigenvalue weighted by Crippen LogP contribution is -2.69. The number of aliphatic imine (C=N–C) groups is 1. The zero-order valence-corrected chi connectivity index (χ0v) is 15.2. The Hall–Kier alpha value is -0.770. The summed E-state index contributed by atoms with van der Waals surface area (Å²) in [5, 5.41) is 3.95. The summed E-state index contributed by atoms with van der Waals surface area (Å²) in [5.41, 5.74) is 0.420. The van der Waals surface area contributed by atoms with E-state index in [1.165, 1.54) is 76.8 Å². The van der Waals surface area contributed by atoms with Gasteiger partial charge in [0.15, 0.2) is 5.96 Å². The van der Waals surface area contributed by atoms with Gasteiger partial charge < -0.3 is 15.0 Å². The Bertz CT molecular complexity index is 499. The van der Waals surface area contributed by atoms with E-state index in [0.29, 0.717) is 17.6 Å². The van der Waals surface area contributed by atoms with E-state index in [2.05, 4.69) is 10.2 Å². The van der Waals surface area contributed by atoms with Crippen molar-refractivity contribution >= 4 is 5.96 Å². The first-order chi connectivity index (χ1) is 11.8. The van der Waals surface area contributed by atoms with E-state index in [1.54, 1.807) is 0 Å². The minimum atomic E-state index is 0.420. The largest absolute Gasteiger partial charge is 0.377 e. The summed E-state index contributed by atoms with van der Waals surface area (Å²) in [7, 11) is 1.98. The second-order valence-corrected chi connectivity index (χ2v) is 9.06. The maximum absolute atomic E-state index is 6.14. The van der Waals surface area contributed by atoms with Gasteiger partial charge in [-0.3, -0.25) is 4.99 Å². The number of fused-ring (bicyclic) bond motifs is 3. The van der Waals surface area contributed by atoms with Crippen LogP contribution >= 0.6 is 0 Å². The Kier molecular flexibility index (Phi) is 3.80. The van der Waals surface area contributed by atoms with E-state index in [-0.39, 0.29) is 0 Å². The SMILES string of the molecule is CN=C(NC1C2CCOC2C12CCCC2)N1CC2CCCCC2C1. The van der Waals surface area contributed by atoms with E-state index >= 15 is 0 Å². The molecule has 3 aliphatic carbocycles. The molecule has 4 heteroatoms. The fourth-order valence-corrected chi connectivity index (χ4v) is 6.92. The van der Waals surface area contributed by atoms with Gasteiger partial charge in [0.2, 0.25) is 0 Å². The molecule has 0 bridgehead atoms. The highest BCUT2D eigenvalue weighted by Gasteiger charge is 2.65. The fraction of sp³-hybridized carbons (Fsp3) is 0.950. The topological polar surface area (TPSA) is 36.9 Å². The van der Waals surface area contributed by atoms with Crippen molar-refractivity contribution in [1.82, 2.24) is 10.2 Å². The van der Waals surface area contributed by atoms with Crippen LogP contribution in [-0.2, 0) is 4.74 Å². The van der Waals surface area contributed by atoms with Gasteiger partial charge in [0.25, 0.3) is 0 Å². The lowest BCUT2D eigenvalue weighted by atomic mass is 9.54. The van der Waals surface area contributed by atoms with Gasteiger partial charge in [-0.05, 0) is 43.9 Å². The number of rotatable bonds is 1. The van der Waals surface area contributed by atoms with Crippen LogP contribution in [-0.4, -0.2) is 49.7 Å². The maximum Gasteiger partial charge on any atom is 0.193 e. The van der Waals surface area contributed by atoms with Crippen LogP contribution in [0.1, 0.15) is 57.8 Å². The van der Waals surface area contributed by atoms with Crippen molar-refractivity contribution in [3.8, 4) is 0 Å². The van der Waals surface area contributed by atoms with Gasteiger partial charge in [-0.25, -0.2) is 0 Å². The van der Waals surface area contributed by atoms with Crippen LogP contribution in [0, 0.1) is 23.2 Å². The number of nitrogens with one attached hydrogen (secondary N) is 1. The van der Waals surface area contributed by atoms with Crippen molar-refractivity contribution in [2.24, 2.45) is 28.2 Å². The van der Waals surface area contributed by atoms with Gasteiger partial charge in [0, 0.05) is 44.1 Å². The molecule has 5 unspecified atom stereocenters. The quantitative estimate of drug-likeness (QED) is 0.593. The van der Waals surface area contributed by atoms with Crippen LogP contribution in [0.2, 0.25) is 0 Å². The first-order valence-corrected chi connectivity index (χ1v) is 10.4. The molecular formula is C20H33N3O. The van der Waals surface area contributed by atoms with Crippen LogP contribution in [0.3, 0.4) is 0 Å². The molecule has 5 rings (SSSR count). The average Bonchev–Trinajstić information content (AvgIpc) is 3.33. The zero-order chi connectivity index (χ0) is 16.1. The standard InChI is InChI=1S/C20H33N3O/c1-21-19(23-12-14-6-2-3-7-15(14)13-23)22-17-16-8-11-24-18(16)20(17)9-4-5-10-20/h14-18H,2-13H2,1H3,(H,21,22). The van der Waals surface area contributed by atoms with Crippen LogP contribution in [0.15, 0.2) is 4.99 Å². The van der Waals surface area contributed by atoms with Crippen LogP contribution in [0.5, 0.6) is 0 Å². The first-order valence-electron chi connectivity index (χ1n) is 10.4. The van der Waals surface area contributed by atoms with Crippen LogP contribution in [0.25, 0.3) is 0 Å². The minimum Gasteiger partial charge on any atom is -0.377 e. The fourth-order valence-electron chi connectivity index (χ4n) is 6.92. The zero-order valence-electron chi connectivity index (χ0n) is 15.2. The lowest BCUT2D eigenvalue weighted by molar-refractivity contribution is -0.125. The van der Waals surface area contributed by atoms with Gasteiger partial charge in [-0.2, -0.15) is 0 Å². The Morgan fingerprint density at radius 1 is 1.04 bits per heavy atom. The summed E-state index contributed by atoms with van der Waals surface area (Å²) in [6.07, 6.45) is 13.0. The molecule has 3 saturated carbocycles. The molecule has 0 aromatic carbocycles. The normalized spacial score (nSPS) is 43.6. The summed E-state index contributed by atoms with van der Waals surface area (Å²) < 4.78 is 6.14. The smallest absolute Gasteiger partial charge is 0.193 e. The molecule has 0 aromatic rings. The van der Waals surface area contributed by atoms with E-state index in [9.17, 15) is 0 Å². The molecule has 2 heterocycles. The number of likely N-dealkylation sites (tertiary alicyclic amines) is 1. The third-order valence-corrected chi connectivity index (χ3v) is 8.06. The van der Waals surface area contributed by atoms with Crippen molar-refractivity contribution in [3.63, 3.8) is 0 Å². The third kappa shape index (κ3) is 2.17. The monoisotopic (exact) mass is 331 g/mol. The second kappa shape index (κ2) is 5.89. The van der Waals surface area contributed by atoms with Gasteiger partial charge >= 0.3 is 0 Å². The molecule has 5 atom stereocenters. The van der Waals surface area contributed by atoms with Crippen molar-refractivity contribution < 1.29 is 4.74 Å². The Balaban J connectivity index is 1.31. The molecule has 0 aromatic heterocycles. The van der Waals surface area contributed by atoms with E-state index in [4.69, 9.17) is 9.73 Å². The summed E-state index contributed by atoms with van der Waals surface area (Å²) in [6, 6.07) is 0.605. The van der Waals surface area contributed by atoms with Crippen molar-refractivity contribution in [2.75, 3.05) is 26.7 Å². The highest BCUT2D eigenvalue weighted by molar-refractivity contribution is 5.81. The number of guanidine groups is 1. The van der Waals surface area contributed by atoms with Crippen molar-refractivity contribution in [3.05, 3.63) is 0 Å². The highest BCUT2D eigenvalue weighted by Crippen LogP contribution is 2.60. The molecule has 2 aliphatic heterocycles. The molecule has 5 fully saturated rings. The van der Waals surface area contributed by atoms with E-state index in [1.807, 2.05) is 7.05 Å². The second-order valence-electron chi connectivity index (χ2n) is 9.06. The van der Waals surface area contributed by atoms with Crippen LogP contribution < -0.4 is 5.32 Å². The maximum atomic E-state index is 6.14. The Labute approximate surface area is 146 Å². The molecular weight excluding hydrogens is 298 g/mol.